The number of hydrogen-bond donors (Lipinski definition) is 3. The summed E-state index contributed by atoms with van der Waals surface area (Å²) in [4.78, 5) is 28.4. The first-order chi connectivity index (χ1) is 18.7. The summed E-state index contributed by atoms with van der Waals surface area (Å²) in [6.45, 7) is 4.18. The van der Waals surface area contributed by atoms with Crippen molar-refractivity contribution in [3.05, 3.63) is 85.1 Å². The van der Waals surface area contributed by atoms with E-state index in [0.29, 0.717) is 5.65 Å². The molecule has 1 aliphatic heterocycles. The van der Waals surface area contributed by atoms with Crippen LogP contribution in [0.25, 0.3) is 33.5 Å². The topological polar surface area (TPSA) is 108 Å². The van der Waals surface area contributed by atoms with Crippen LogP contribution in [0.3, 0.4) is 0 Å². The first-order valence-electron chi connectivity index (χ1n) is 12.6. The summed E-state index contributed by atoms with van der Waals surface area (Å²) >= 11 is 0. The van der Waals surface area contributed by atoms with E-state index in [1.807, 2.05) is 55.7 Å². The molecular formula is C29H25N9. The van der Waals surface area contributed by atoms with E-state index in [9.17, 15) is 0 Å². The molecule has 6 heterocycles. The van der Waals surface area contributed by atoms with Gasteiger partial charge in [-0.1, -0.05) is 0 Å². The quantitative estimate of drug-likeness (QED) is 0.257. The number of hydrogen-bond acceptors (Lipinski definition) is 8. The van der Waals surface area contributed by atoms with E-state index in [4.69, 9.17) is 0 Å². The van der Waals surface area contributed by atoms with Crippen molar-refractivity contribution in [3.8, 4) is 11.4 Å². The highest BCUT2D eigenvalue weighted by Gasteiger charge is 2.15. The van der Waals surface area contributed by atoms with Gasteiger partial charge in [-0.3, -0.25) is 9.97 Å². The molecule has 0 aliphatic carbocycles. The van der Waals surface area contributed by atoms with Gasteiger partial charge in [-0.2, -0.15) is 0 Å². The zero-order chi connectivity index (χ0) is 25.5. The summed E-state index contributed by atoms with van der Waals surface area (Å²) in [5.41, 5.74) is 8.34. The zero-order valence-corrected chi connectivity index (χ0v) is 20.8. The van der Waals surface area contributed by atoms with Gasteiger partial charge in [0.1, 0.15) is 11.6 Å². The number of nitrogens with zero attached hydrogens (tertiary/aromatic N) is 6. The van der Waals surface area contributed by atoms with E-state index in [1.165, 1.54) is 12.1 Å². The number of imidazole rings is 1. The number of nitrogens with one attached hydrogen (secondary N) is 3. The number of aryl methyl sites for hydroxylation is 1. The highest BCUT2D eigenvalue weighted by atomic mass is 15.2. The predicted octanol–water partition coefficient (Wildman–Crippen LogP) is 5.97. The molecule has 5 aromatic heterocycles. The van der Waals surface area contributed by atoms with E-state index in [1.54, 1.807) is 12.4 Å². The van der Waals surface area contributed by atoms with Crippen LogP contribution in [0.2, 0.25) is 0 Å². The molecule has 7 rings (SSSR count). The summed E-state index contributed by atoms with van der Waals surface area (Å²) < 4.78 is 0. The third-order valence-corrected chi connectivity index (χ3v) is 6.77. The van der Waals surface area contributed by atoms with Crippen LogP contribution in [-0.4, -0.2) is 43.0 Å². The molecule has 0 radical (unpaired) electrons. The van der Waals surface area contributed by atoms with Crippen LogP contribution >= 0.6 is 0 Å². The van der Waals surface area contributed by atoms with Crippen molar-refractivity contribution in [1.82, 2.24) is 29.9 Å². The second-order valence-electron chi connectivity index (χ2n) is 9.45. The third-order valence-electron chi connectivity index (χ3n) is 6.77. The normalized spacial score (nSPS) is 13.0. The van der Waals surface area contributed by atoms with Crippen LogP contribution in [0.4, 0.5) is 28.6 Å². The van der Waals surface area contributed by atoms with Crippen molar-refractivity contribution in [1.29, 1.82) is 0 Å². The number of H-pyrrole nitrogens is 1. The van der Waals surface area contributed by atoms with Gasteiger partial charge in [-0.25, -0.2) is 15.0 Å². The Morgan fingerprint density at radius 3 is 2.55 bits per heavy atom. The number of rotatable bonds is 6. The maximum absolute atomic E-state index is 4.66. The van der Waals surface area contributed by atoms with Crippen LogP contribution in [0.15, 0.2) is 79.4 Å². The highest BCUT2D eigenvalue weighted by Crippen LogP contribution is 2.31. The van der Waals surface area contributed by atoms with Crippen molar-refractivity contribution in [2.75, 3.05) is 28.6 Å². The summed E-state index contributed by atoms with van der Waals surface area (Å²) in [6.07, 6.45) is 8.44. The van der Waals surface area contributed by atoms with Gasteiger partial charge in [-0.05, 0) is 67.9 Å². The molecule has 1 fully saturated rings. The lowest BCUT2D eigenvalue weighted by Gasteiger charge is -2.33. The average Bonchev–Trinajstić information content (AvgIpc) is 3.32. The van der Waals surface area contributed by atoms with Gasteiger partial charge in [0.25, 0.3) is 0 Å². The number of benzene rings is 1. The van der Waals surface area contributed by atoms with Crippen molar-refractivity contribution in [2.45, 2.75) is 13.3 Å². The van der Waals surface area contributed by atoms with Crippen LogP contribution in [0.1, 0.15) is 12.1 Å². The Balaban J connectivity index is 1.12. The van der Waals surface area contributed by atoms with Gasteiger partial charge < -0.3 is 20.5 Å². The maximum atomic E-state index is 4.66. The third kappa shape index (κ3) is 4.24. The number of fused-ring (bicyclic) bond motifs is 2. The van der Waals surface area contributed by atoms with Crippen LogP contribution in [-0.2, 0) is 0 Å². The van der Waals surface area contributed by atoms with Gasteiger partial charge >= 0.3 is 0 Å². The molecule has 9 nitrogen and oxygen atoms in total. The summed E-state index contributed by atoms with van der Waals surface area (Å²) in [6, 6.07) is 18.3. The van der Waals surface area contributed by atoms with E-state index in [0.717, 1.165) is 69.5 Å². The Labute approximate surface area is 219 Å². The minimum absolute atomic E-state index is 0.653. The van der Waals surface area contributed by atoms with E-state index in [-0.39, 0.29) is 0 Å². The van der Waals surface area contributed by atoms with Crippen molar-refractivity contribution in [2.24, 2.45) is 0 Å². The molecule has 1 saturated heterocycles. The maximum Gasteiger partial charge on any atom is 0.178 e. The minimum atomic E-state index is 0.653. The SMILES string of the molecule is Cc1cc(Nc2cnc3nc(-c4ccc(Nc5ccnc6ccc(N7CCC7)cc56)nc4)[nH]c3c2)ccn1. The number of aromatic amines is 1. The molecule has 186 valence electrons. The molecule has 0 bridgehead atoms. The Morgan fingerprint density at radius 1 is 0.816 bits per heavy atom. The van der Waals surface area contributed by atoms with Gasteiger partial charge in [0.2, 0.25) is 0 Å². The minimum Gasteiger partial charge on any atom is -0.371 e. The highest BCUT2D eigenvalue weighted by molar-refractivity contribution is 5.95. The van der Waals surface area contributed by atoms with Gasteiger partial charge in [0.15, 0.2) is 5.65 Å². The number of pyridine rings is 4. The van der Waals surface area contributed by atoms with E-state index < -0.39 is 0 Å². The standard InChI is InChI=1S/C29H25N9/c1-18-13-20(7-9-30-18)34-21-14-26-29(33-17-21)37-28(36-26)19-3-6-27(32-16-19)35-25-8-10-31-24-5-4-22(15-23(24)25)38-11-2-12-38/h3-10,13-17H,2,11-12H2,1H3,(H,30,34)(H,31,32,35)(H,33,36,37). The Hall–Kier alpha value is -5.05. The lowest BCUT2D eigenvalue weighted by molar-refractivity contribution is 0.618. The molecule has 0 spiro atoms. The fraction of sp³-hybridized carbons (Fsp3) is 0.138. The van der Waals surface area contributed by atoms with E-state index in [2.05, 4.69) is 63.6 Å². The molecule has 0 saturated carbocycles. The second kappa shape index (κ2) is 9.11. The monoisotopic (exact) mass is 499 g/mol. The molecule has 0 atom stereocenters. The molecule has 6 aromatic rings. The van der Waals surface area contributed by atoms with Crippen LogP contribution in [0, 0.1) is 6.92 Å². The largest absolute Gasteiger partial charge is 0.371 e. The van der Waals surface area contributed by atoms with Crippen molar-refractivity contribution < 1.29 is 0 Å². The zero-order valence-electron chi connectivity index (χ0n) is 20.8. The van der Waals surface area contributed by atoms with Crippen molar-refractivity contribution in [3.63, 3.8) is 0 Å². The Kier molecular flexibility index (Phi) is 5.32. The number of aromatic nitrogens is 6. The summed E-state index contributed by atoms with van der Waals surface area (Å²) in [5, 5.41) is 7.91. The fourth-order valence-electron chi connectivity index (χ4n) is 4.66. The molecule has 3 N–H and O–H groups in total. The Bertz CT molecular complexity index is 1770. The molecule has 9 heteroatoms. The lowest BCUT2D eigenvalue weighted by Crippen LogP contribution is -2.36. The van der Waals surface area contributed by atoms with E-state index >= 15 is 0 Å². The van der Waals surface area contributed by atoms with Gasteiger partial charge in [0.05, 0.1) is 28.6 Å². The average molecular weight is 500 g/mol. The van der Waals surface area contributed by atoms with Crippen LogP contribution in [0.5, 0.6) is 0 Å². The lowest BCUT2D eigenvalue weighted by atomic mass is 10.1. The van der Waals surface area contributed by atoms with Gasteiger partial charge in [0, 0.05) is 59.7 Å². The fourth-order valence-corrected chi connectivity index (χ4v) is 4.66. The summed E-state index contributed by atoms with van der Waals surface area (Å²) in [5.74, 6) is 1.47. The molecular weight excluding hydrogens is 474 g/mol. The molecule has 1 aliphatic rings. The molecule has 1 aromatic carbocycles. The smallest absolute Gasteiger partial charge is 0.178 e. The predicted molar refractivity (Wildman–Crippen MR) is 151 cm³/mol. The van der Waals surface area contributed by atoms with Gasteiger partial charge in [-0.15, -0.1) is 0 Å². The molecule has 0 amide bonds. The van der Waals surface area contributed by atoms with Crippen molar-refractivity contribution >= 4 is 50.6 Å². The first kappa shape index (κ1) is 22.2. The molecule has 0 unspecified atom stereocenters. The first-order valence-corrected chi connectivity index (χ1v) is 12.6. The second-order valence-corrected chi connectivity index (χ2v) is 9.45. The Morgan fingerprint density at radius 2 is 1.74 bits per heavy atom. The summed E-state index contributed by atoms with van der Waals surface area (Å²) in [7, 11) is 0. The number of anilines is 5. The molecule has 38 heavy (non-hydrogen) atoms. The van der Waals surface area contributed by atoms with Crippen LogP contribution < -0.4 is 15.5 Å².